The molecular formula is C20H28NNaO3. The van der Waals surface area contributed by atoms with Crippen molar-refractivity contribution < 1.29 is 44.6 Å². The summed E-state index contributed by atoms with van der Waals surface area (Å²) >= 11 is 0. The molecule has 132 valence electrons. The standard InChI is InChI=1S/C20H29NO3.Na/c1-2-3-4-5-6-7-8-12-15-19(22)21-18(20(23)24)16-17-13-10-9-11-14-17;/h2,9-11,13-14,18H,1,3-8,12,15-16H2,(H,21,22)(H,23,24);/q;+1/p-1/t18-;/m0./s1. The van der Waals surface area contributed by atoms with E-state index in [1.807, 2.05) is 36.4 Å². The third-order valence-electron chi connectivity index (χ3n) is 3.91. The number of carbonyl (C=O) groups is 1. The van der Waals surface area contributed by atoms with Crippen LogP contribution >= 0.6 is 0 Å². The summed E-state index contributed by atoms with van der Waals surface area (Å²) < 4.78 is 0. The fourth-order valence-electron chi connectivity index (χ4n) is 2.54. The van der Waals surface area contributed by atoms with Crippen molar-refractivity contribution in [2.24, 2.45) is 4.99 Å². The van der Waals surface area contributed by atoms with Crippen LogP contribution in [-0.2, 0) is 11.2 Å². The maximum atomic E-state index is 11.9. The Morgan fingerprint density at radius 2 is 1.72 bits per heavy atom. The molecule has 0 saturated carbocycles. The molecule has 0 radical (unpaired) electrons. The first-order chi connectivity index (χ1) is 11.6. The molecule has 1 aromatic carbocycles. The molecule has 0 unspecified atom stereocenters. The van der Waals surface area contributed by atoms with Crippen LogP contribution < -0.4 is 34.7 Å². The number of carboxylic acids is 1. The monoisotopic (exact) mass is 353 g/mol. The van der Waals surface area contributed by atoms with Gasteiger partial charge < -0.3 is 10.2 Å². The zero-order valence-electron chi connectivity index (χ0n) is 15.3. The number of hydrogen-bond donors (Lipinski definition) is 1. The Morgan fingerprint density at radius 3 is 2.32 bits per heavy atom. The van der Waals surface area contributed by atoms with Crippen molar-refractivity contribution in [1.82, 2.24) is 0 Å². The van der Waals surface area contributed by atoms with E-state index in [-0.39, 0.29) is 41.9 Å². The topological polar surface area (TPSA) is 72.7 Å². The van der Waals surface area contributed by atoms with E-state index in [0.717, 1.165) is 31.2 Å². The maximum absolute atomic E-state index is 11.9. The minimum Gasteiger partial charge on any atom is -0.862 e. The smallest absolute Gasteiger partial charge is 0.862 e. The molecule has 0 aromatic heterocycles. The quantitative estimate of drug-likeness (QED) is 0.187. The molecule has 0 aliphatic carbocycles. The number of hydrogen-bond acceptors (Lipinski definition) is 3. The van der Waals surface area contributed by atoms with Gasteiger partial charge >= 0.3 is 35.5 Å². The Kier molecular flexibility index (Phi) is 14.5. The number of nitrogens with zero attached hydrogens (tertiary/aromatic N) is 1. The van der Waals surface area contributed by atoms with Gasteiger partial charge in [-0.2, -0.15) is 0 Å². The van der Waals surface area contributed by atoms with Gasteiger partial charge in [0.1, 0.15) is 6.04 Å². The number of aliphatic imine (C=N–C) groups is 1. The van der Waals surface area contributed by atoms with Crippen molar-refractivity contribution in [2.75, 3.05) is 0 Å². The van der Waals surface area contributed by atoms with E-state index in [4.69, 9.17) is 0 Å². The third-order valence-corrected chi connectivity index (χ3v) is 3.91. The average Bonchev–Trinajstić information content (AvgIpc) is 2.57. The summed E-state index contributed by atoms with van der Waals surface area (Å²) in [6.07, 6.45) is 10.0. The van der Waals surface area contributed by atoms with E-state index in [0.29, 0.717) is 6.42 Å². The van der Waals surface area contributed by atoms with E-state index in [2.05, 4.69) is 11.6 Å². The van der Waals surface area contributed by atoms with Gasteiger partial charge in [-0.25, -0.2) is 4.79 Å². The number of aliphatic carboxylic acids is 1. The van der Waals surface area contributed by atoms with E-state index in [9.17, 15) is 15.0 Å². The summed E-state index contributed by atoms with van der Waals surface area (Å²) in [7, 11) is 0. The molecule has 0 aliphatic heterocycles. The summed E-state index contributed by atoms with van der Waals surface area (Å²) in [5, 5.41) is 21.1. The SMILES string of the molecule is C=CCCCCCCCCC([O-])=N[C@@H](Cc1ccccc1)C(=O)O.[Na+]. The summed E-state index contributed by atoms with van der Waals surface area (Å²) in [5.41, 5.74) is 0.876. The first-order valence-corrected chi connectivity index (χ1v) is 8.74. The van der Waals surface area contributed by atoms with Gasteiger partial charge in [0.25, 0.3) is 0 Å². The second-order valence-corrected chi connectivity index (χ2v) is 6.02. The first-order valence-electron chi connectivity index (χ1n) is 8.74. The molecular weight excluding hydrogens is 325 g/mol. The summed E-state index contributed by atoms with van der Waals surface area (Å²) in [4.78, 5) is 15.2. The summed E-state index contributed by atoms with van der Waals surface area (Å²) in [5.74, 6) is -1.35. The van der Waals surface area contributed by atoms with Gasteiger partial charge in [0.05, 0.1) is 0 Å². The third kappa shape index (κ3) is 12.0. The molecule has 1 rings (SSSR count). The fourth-order valence-corrected chi connectivity index (χ4v) is 2.54. The van der Waals surface area contributed by atoms with Crippen LogP contribution in [-0.4, -0.2) is 23.0 Å². The molecule has 1 N–H and O–H groups in total. The summed E-state index contributed by atoms with van der Waals surface area (Å²) in [6.45, 7) is 3.70. The van der Waals surface area contributed by atoms with E-state index >= 15 is 0 Å². The Morgan fingerprint density at radius 1 is 1.12 bits per heavy atom. The number of benzene rings is 1. The largest absolute Gasteiger partial charge is 1.00 e. The molecule has 1 atom stereocenters. The molecule has 1 aromatic rings. The number of unbranched alkanes of at least 4 members (excludes halogenated alkanes) is 6. The zero-order chi connectivity index (χ0) is 17.6. The van der Waals surface area contributed by atoms with Gasteiger partial charge in [0.2, 0.25) is 0 Å². The van der Waals surface area contributed by atoms with Gasteiger partial charge in [0, 0.05) is 6.42 Å². The predicted molar refractivity (Wildman–Crippen MR) is 96.1 cm³/mol. The molecule has 0 saturated heterocycles. The molecule has 0 amide bonds. The van der Waals surface area contributed by atoms with Crippen molar-refractivity contribution in [3.63, 3.8) is 0 Å². The van der Waals surface area contributed by atoms with Gasteiger partial charge in [-0.3, -0.25) is 4.99 Å². The Balaban J connectivity index is 0.00000576. The average molecular weight is 353 g/mol. The van der Waals surface area contributed by atoms with Crippen molar-refractivity contribution >= 4 is 11.9 Å². The molecule has 0 heterocycles. The van der Waals surface area contributed by atoms with Crippen molar-refractivity contribution in [3.05, 3.63) is 48.6 Å². The fraction of sp³-hybridized carbons (Fsp3) is 0.500. The normalized spacial score (nSPS) is 12.2. The van der Waals surface area contributed by atoms with E-state index < -0.39 is 12.0 Å². The number of rotatable bonds is 13. The van der Waals surface area contributed by atoms with Crippen molar-refractivity contribution in [1.29, 1.82) is 0 Å². The van der Waals surface area contributed by atoms with Gasteiger partial charge in [-0.05, 0) is 37.1 Å². The van der Waals surface area contributed by atoms with Crippen LogP contribution in [0.4, 0.5) is 0 Å². The number of allylic oxidation sites excluding steroid dienone is 1. The molecule has 0 spiro atoms. The molecule has 0 fully saturated rings. The summed E-state index contributed by atoms with van der Waals surface area (Å²) in [6, 6.07) is 8.29. The maximum Gasteiger partial charge on any atom is 1.00 e. The van der Waals surface area contributed by atoms with E-state index in [1.54, 1.807) is 0 Å². The molecule has 0 aliphatic rings. The Hall–Kier alpha value is -1.10. The van der Waals surface area contributed by atoms with Crippen LogP contribution in [0.1, 0.15) is 56.9 Å². The Labute approximate surface area is 173 Å². The zero-order valence-corrected chi connectivity index (χ0v) is 17.3. The minimum atomic E-state index is -1.05. The second kappa shape index (κ2) is 15.2. The molecule has 5 heteroatoms. The van der Waals surface area contributed by atoms with Crippen molar-refractivity contribution in [2.45, 2.75) is 63.8 Å². The van der Waals surface area contributed by atoms with Crippen LogP contribution in [0.5, 0.6) is 0 Å². The first kappa shape index (κ1) is 23.9. The van der Waals surface area contributed by atoms with Crippen LogP contribution in [0.3, 0.4) is 0 Å². The molecule has 4 nitrogen and oxygen atoms in total. The van der Waals surface area contributed by atoms with Crippen LogP contribution in [0.25, 0.3) is 0 Å². The van der Waals surface area contributed by atoms with Crippen molar-refractivity contribution in [3.8, 4) is 0 Å². The molecule has 25 heavy (non-hydrogen) atoms. The van der Waals surface area contributed by atoms with Gasteiger partial charge in [0.15, 0.2) is 0 Å². The van der Waals surface area contributed by atoms with Crippen LogP contribution in [0.15, 0.2) is 48.0 Å². The van der Waals surface area contributed by atoms with Gasteiger partial charge in [-0.15, -0.1) is 6.58 Å². The predicted octanol–water partition coefficient (Wildman–Crippen LogP) is 0.752. The van der Waals surface area contributed by atoms with Crippen LogP contribution in [0, 0.1) is 0 Å². The second-order valence-electron chi connectivity index (χ2n) is 6.02. The minimum absolute atomic E-state index is 0. The van der Waals surface area contributed by atoms with Crippen LogP contribution in [0.2, 0.25) is 0 Å². The Bertz CT molecular complexity index is 517. The molecule has 0 bridgehead atoms. The van der Waals surface area contributed by atoms with E-state index in [1.165, 1.54) is 19.3 Å². The number of carboxylic acid groups (broad SMARTS) is 1. The van der Waals surface area contributed by atoms with Gasteiger partial charge in [-0.1, -0.05) is 62.1 Å².